The SMILES string of the molecule is Cc1c(SCN2CCC(C(=O)Cc3ccc(-n4cnnn4)nc3)CC2)ccc2c1COC2=O. The first-order chi connectivity index (χ1) is 16.1. The van der Waals surface area contributed by atoms with Crippen LogP contribution < -0.4 is 0 Å². The van der Waals surface area contributed by atoms with Crippen LogP contribution in [0.2, 0.25) is 0 Å². The number of hydrogen-bond donors (Lipinski definition) is 0. The number of cyclic esters (lactones) is 1. The molecule has 3 aromatic rings. The molecule has 0 radical (unpaired) electrons. The van der Waals surface area contributed by atoms with Crippen LogP contribution in [0, 0.1) is 12.8 Å². The summed E-state index contributed by atoms with van der Waals surface area (Å²) in [5.74, 6) is 1.64. The van der Waals surface area contributed by atoms with Gasteiger partial charge in [-0.15, -0.1) is 16.9 Å². The fourth-order valence-corrected chi connectivity index (χ4v) is 5.38. The molecule has 0 spiro atoms. The minimum absolute atomic E-state index is 0.0929. The summed E-state index contributed by atoms with van der Waals surface area (Å²) in [6, 6.07) is 7.61. The molecule has 0 atom stereocenters. The third-order valence-electron chi connectivity index (χ3n) is 6.33. The first kappa shape index (κ1) is 21.7. The Hall–Kier alpha value is -3.11. The lowest BCUT2D eigenvalue weighted by Gasteiger charge is -2.31. The predicted octanol–water partition coefficient (Wildman–Crippen LogP) is 2.61. The molecule has 2 aliphatic heterocycles. The molecule has 0 bridgehead atoms. The van der Waals surface area contributed by atoms with Crippen LogP contribution in [0.25, 0.3) is 5.82 Å². The monoisotopic (exact) mass is 464 g/mol. The van der Waals surface area contributed by atoms with Crippen molar-refractivity contribution in [2.24, 2.45) is 5.92 Å². The molecule has 0 N–H and O–H groups in total. The molecule has 0 saturated carbocycles. The van der Waals surface area contributed by atoms with Crippen molar-refractivity contribution in [2.45, 2.75) is 37.7 Å². The lowest BCUT2D eigenvalue weighted by Crippen LogP contribution is -2.36. The number of ketones is 1. The number of rotatable bonds is 7. The van der Waals surface area contributed by atoms with Gasteiger partial charge in [0.2, 0.25) is 0 Å². The Labute approximate surface area is 195 Å². The van der Waals surface area contributed by atoms with Gasteiger partial charge in [-0.1, -0.05) is 6.07 Å². The number of esters is 1. The maximum atomic E-state index is 12.8. The quantitative estimate of drug-likeness (QED) is 0.385. The van der Waals surface area contributed by atoms with Crippen molar-refractivity contribution >= 4 is 23.5 Å². The van der Waals surface area contributed by atoms with Gasteiger partial charge in [0.05, 0.1) is 5.56 Å². The van der Waals surface area contributed by atoms with E-state index in [1.54, 1.807) is 18.0 Å². The van der Waals surface area contributed by atoms with Crippen LogP contribution in [0.4, 0.5) is 0 Å². The van der Waals surface area contributed by atoms with Crippen LogP contribution in [-0.2, 0) is 22.6 Å². The highest BCUT2D eigenvalue weighted by molar-refractivity contribution is 7.99. The van der Waals surface area contributed by atoms with Crippen LogP contribution in [-0.4, -0.2) is 60.8 Å². The minimum atomic E-state index is -0.226. The number of piperidine rings is 1. The van der Waals surface area contributed by atoms with E-state index >= 15 is 0 Å². The molecule has 2 aliphatic rings. The molecule has 5 rings (SSSR count). The second kappa shape index (κ2) is 9.40. The molecule has 0 aliphatic carbocycles. The largest absolute Gasteiger partial charge is 0.457 e. The first-order valence-electron chi connectivity index (χ1n) is 10.9. The zero-order valence-electron chi connectivity index (χ0n) is 18.3. The van der Waals surface area contributed by atoms with Crippen LogP contribution in [0.15, 0.2) is 41.7 Å². The molecule has 9 nitrogen and oxygen atoms in total. The third kappa shape index (κ3) is 4.67. The van der Waals surface area contributed by atoms with Gasteiger partial charge in [-0.25, -0.2) is 9.78 Å². The van der Waals surface area contributed by atoms with Crippen molar-refractivity contribution in [3.8, 4) is 5.82 Å². The van der Waals surface area contributed by atoms with Crippen LogP contribution in [0.3, 0.4) is 0 Å². The van der Waals surface area contributed by atoms with Gasteiger partial charge in [0, 0.05) is 34.9 Å². The zero-order chi connectivity index (χ0) is 22.8. The van der Waals surface area contributed by atoms with E-state index in [4.69, 9.17) is 4.74 Å². The number of likely N-dealkylation sites (tertiary alicyclic amines) is 1. The highest BCUT2D eigenvalue weighted by Gasteiger charge is 2.26. The highest BCUT2D eigenvalue weighted by atomic mass is 32.2. The van der Waals surface area contributed by atoms with Gasteiger partial charge in [0.1, 0.15) is 18.7 Å². The number of carbonyl (C=O) groups is 2. The van der Waals surface area contributed by atoms with Crippen molar-refractivity contribution in [1.82, 2.24) is 30.1 Å². The van der Waals surface area contributed by atoms with Crippen LogP contribution in [0.5, 0.6) is 0 Å². The summed E-state index contributed by atoms with van der Waals surface area (Å²) in [4.78, 5) is 32.5. The van der Waals surface area contributed by atoms with E-state index in [0.717, 1.165) is 48.5 Å². The van der Waals surface area contributed by atoms with Crippen molar-refractivity contribution in [3.63, 3.8) is 0 Å². The van der Waals surface area contributed by atoms with E-state index in [1.165, 1.54) is 15.9 Å². The van der Waals surface area contributed by atoms with Crippen molar-refractivity contribution < 1.29 is 14.3 Å². The first-order valence-corrected chi connectivity index (χ1v) is 11.9. The average Bonchev–Trinajstić information content (AvgIpc) is 3.50. The number of tetrazole rings is 1. The van der Waals surface area contributed by atoms with Crippen molar-refractivity contribution in [3.05, 3.63) is 59.0 Å². The molecular weight excluding hydrogens is 440 g/mol. The van der Waals surface area contributed by atoms with E-state index in [1.807, 2.05) is 24.3 Å². The van der Waals surface area contributed by atoms with E-state index in [2.05, 4.69) is 32.3 Å². The van der Waals surface area contributed by atoms with E-state index in [-0.39, 0.29) is 17.7 Å². The number of Topliss-reactive ketones (excluding diaryl/α,β-unsaturated/α-hetero) is 1. The minimum Gasteiger partial charge on any atom is -0.457 e. The van der Waals surface area contributed by atoms with E-state index < -0.39 is 0 Å². The van der Waals surface area contributed by atoms with Crippen molar-refractivity contribution in [2.75, 3.05) is 19.0 Å². The number of pyridine rings is 1. The maximum Gasteiger partial charge on any atom is 0.338 e. The predicted molar refractivity (Wildman–Crippen MR) is 121 cm³/mol. The summed E-state index contributed by atoms with van der Waals surface area (Å²) in [5.41, 5.74) is 3.74. The fraction of sp³-hybridized carbons (Fsp3) is 0.391. The normalized spacial score (nSPS) is 16.6. The molecule has 0 amide bonds. The summed E-state index contributed by atoms with van der Waals surface area (Å²) in [6.07, 6.45) is 5.36. The number of fused-ring (bicyclic) bond motifs is 1. The smallest absolute Gasteiger partial charge is 0.338 e. The number of aromatic nitrogens is 5. The molecule has 0 unspecified atom stereocenters. The Morgan fingerprint density at radius 3 is 2.79 bits per heavy atom. The number of thioether (sulfide) groups is 1. The number of benzene rings is 1. The number of carbonyl (C=O) groups excluding carboxylic acids is 2. The summed E-state index contributed by atoms with van der Waals surface area (Å²) in [7, 11) is 0. The summed E-state index contributed by atoms with van der Waals surface area (Å²) >= 11 is 1.78. The number of hydrogen-bond acceptors (Lipinski definition) is 9. The second-order valence-corrected chi connectivity index (χ2v) is 9.37. The van der Waals surface area contributed by atoms with Gasteiger partial charge in [-0.05, 0) is 72.6 Å². The van der Waals surface area contributed by atoms with Gasteiger partial charge in [0.25, 0.3) is 0 Å². The van der Waals surface area contributed by atoms with Gasteiger partial charge in [0.15, 0.2) is 5.82 Å². The van der Waals surface area contributed by atoms with Crippen molar-refractivity contribution in [1.29, 1.82) is 0 Å². The fourth-order valence-electron chi connectivity index (χ4n) is 4.30. The second-order valence-electron chi connectivity index (χ2n) is 8.38. The standard InChI is InChI=1S/C23H24N6O3S/c1-15-19-12-32-23(31)18(19)3-4-21(15)33-14-28-8-6-17(7-9-28)20(30)10-16-2-5-22(24-11-16)29-13-25-26-27-29/h2-5,11,13,17H,6-10,12,14H2,1H3. The van der Waals surface area contributed by atoms with Gasteiger partial charge in [-0.2, -0.15) is 4.68 Å². The molecule has 33 heavy (non-hydrogen) atoms. The molecule has 2 aromatic heterocycles. The Kier molecular flexibility index (Phi) is 6.19. The molecule has 1 fully saturated rings. The van der Waals surface area contributed by atoms with Gasteiger partial charge < -0.3 is 4.74 Å². The molecule has 10 heteroatoms. The van der Waals surface area contributed by atoms with E-state index in [9.17, 15) is 9.59 Å². The summed E-state index contributed by atoms with van der Waals surface area (Å²) in [6.45, 7) is 4.24. The molecule has 4 heterocycles. The zero-order valence-corrected chi connectivity index (χ0v) is 19.1. The Balaban J connectivity index is 1.10. The van der Waals surface area contributed by atoms with Gasteiger partial charge in [-0.3, -0.25) is 9.69 Å². The Bertz CT molecular complexity index is 1160. The lowest BCUT2D eigenvalue weighted by molar-refractivity contribution is -0.123. The van der Waals surface area contributed by atoms with Gasteiger partial charge >= 0.3 is 5.97 Å². The molecule has 1 saturated heterocycles. The molecule has 170 valence electrons. The highest BCUT2D eigenvalue weighted by Crippen LogP contribution is 2.32. The lowest BCUT2D eigenvalue weighted by atomic mass is 9.90. The topological polar surface area (TPSA) is 103 Å². The Morgan fingerprint density at radius 1 is 1.21 bits per heavy atom. The number of ether oxygens (including phenoxy) is 1. The number of nitrogens with zero attached hydrogens (tertiary/aromatic N) is 6. The summed E-state index contributed by atoms with van der Waals surface area (Å²) < 4.78 is 6.63. The Morgan fingerprint density at radius 2 is 2.06 bits per heavy atom. The summed E-state index contributed by atoms with van der Waals surface area (Å²) in [5, 5.41) is 11.0. The molecule has 1 aromatic carbocycles. The molecular formula is C23H24N6O3S. The van der Waals surface area contributed by atoms with Crippen LogP contribution >= 0.6 is 11.8 Å². The third-order valence-corrected chi connectivity index (χ3v) is 7.58. The maximum absolute atomic E-state index is 12.8. The van der Waals surface area contributed by atoms with E-state index in [0.29, 0.717) is 24.4 Å². The average molecular weight is 465 g/mol. The van der Waals surface area contributed by atoms with Crippen LogP contribution in [0.1, 0.15) is 39.9 Å².